The first-order valence-corrected chi connectivity index (χ1v) is 17.9. The van der Waals surface area contributed by atoms with Gasteiger partial charge in [0.2, 0.25) is 16.6 Å². The number of hydrogen-bond acceptors (Lipinski definition) is 10. The molecule has 250 valence electrons. The maximum atomic E-state index is 12.4. The fourth-order valence-electron chi connectivity index (χ4n) is 4.51. The van der Waals surface area contributed by atoms with E-state index < -0.39 is 27.6 Å². The van der Waals surface area contributed by atoms with Crippen LogP contribution < -0.4 is 22.4 Å². The summed E-state index contributed by atoms with van der Waals surface area (Å²) in [6.45, 7) is 3.71. The van der Waals surface area contributed by atoms with E-state index in [9.17, 15) is 23.4 Å². The summed E-state index contributed by atoms with van der Waals surface area (Å²) < 4.78 is 22.5. The molecule has 0 radical (unpaired) electrons. The minimum absolute atomic E-state index is 0.00255. The fourth-order valence-corrected chi connectivity index (χ4v) is 6.34. The van der Waals surface area contributed by atoms with Gasteiger partial charge >= 0.3 is 11.3 Å². The predicted molar refractivity (Wildman–Crippen MR) is 190 cm³/mol. The third-order valence-electron chi connectivity index (χ3n) is 6.69. The summed E-state index contributed by atoms with van der Waals surface area (Å²) in [5.74, 6) is 0.889. The highest BCUT2D eigenvalue weighted by molar-refractivity contribution is 7.98. The lowest BCUT2D eigenvalue weighted by Gasteiger charge is -2.05. The van der Waals surface area contributed by atoms with Crippen LogP contribution in [-0.4, -0.2) is 29.5 Å². The van der Waals surface area contributed by atoms with E-state index in [4.69, 9.17) is 32.0 Å². The first kappa shape index (κ1) is 36.5. The molecule has 0 aliphatic carbocycles. The minimum atomic E-state index is -1.54. The van der Waals surface area contributed by atoms with Crippen LogP contribution in [0.3, 0.4) is 0 Å². The highest BCUT2D eigenvalue weighted by Gasteiger charge is 2.16. The second-order valence-electron chi connectivity index (χ2n) is 9.84. The number of rotatable bonds is 8. The van der Waals surface area contributed by atoms with Crippen LogP contribution in [0.25, 0.3) is 22.2 Å². The largest absolute Gasteiger partial charge is 0.403 e. The Hall–Kier alpha value is -4.30. The van der Waals surface area contributed by atoms with Gasteiger partial charge in [0.05, 0.1) is 21.9 Å². The van der Waals surface area contributed by atoms with Gasteiger partial charge in [-0.1, -0.05) is 86.3 Å². The molecule has 0 aliphatic heterocycles. The summed E-state index contributed by atoms with van der Waals surface area (Å²) in [5.41, 5.74) is 1.43. The predicted octanol–water partition coefficient (Wildman–Crippen LogP) is 5.90. The molecule has 48 heavy (non-hydrogen) atoms. The number of H-pyrrole nitrogens is 2. The Kier molecular flexibility index (Phi) is 13.5. The van der Waals surface area contributed by atoms with Crippen molar-refractivity contribution in [3.8, 4) is 0 Å². The van der Waals surface area contributed by atoms with E-state index in [1.165, 1.54) is 23.9 Å². The molecule has 0 amide bonds. The van der Waals surface area contributed by atoms with Crippen molar-refractivity contribution in [1.82, 2.24) is 19.9 Å². The number of alkyl halides is 2. The van der Waals surface area contributed by atoms with E-state index in [-0.39, 0.29) is 38.6 Å². The third-order valence-corrected chi connectivity index (χ3v) is 8.85. The minimum Gasteiger partial charge on any atom is -0.403 e. The summed E-state index contributed by atoms with van der Waals surface area (Å²) in [4.78, 5) is 61.2. The lowest BCUT2D eigenvalue weighted by Crippen LogP contribution is -2.17. The molecule has 0 spiro atoms. The van der Waals surface area contributed by atoms with Crippen LogP contribution in [0, 0.1) is 0 Å². The highest BCUT2D eigenvalue weighted by Crippen LogP contribution is 2.20. The van der Waals surface area contributed by atoms with E-state index in [0.717, 1.165) is 11.1 Å². The quantitative estimate of drug-likeness (QED) is 0.109. The van der Waals surface area contributed by atoms with Crippen molar-refractivity contribution in [1.29, 1.82) is 0 Å². The van der Waals surface area contributed by atoms with Crippen LogP contribution in [-0.2, 0) is 35.1 Å². The lowest BCUT2D eigenvalue weighted by molar-refractivity contribution is 0.540. The van der Waals surface area contributed by atoms with Gasteiger partial charge in [-0.15, -0.1) is 23.2 Å². The number of aromatic nitrogens is 4. The molecule has 2 N–H and O–H groups in total. The summed E-state index contributed by atoms with van der Waals surface area (Å²) in [5, 5.41) is 1.22. The van der Waals surface area contributed by atoms with Gasteiger partial charge in [-0.3, -0.25) is 18.8 Å². The molecule has 6 rings (SSSR count). The molecule has 11 nitrogen and oxygen atoms in total. The first-order valence-electron chi connectivity index (χ1n) is 14.5. The summed E-state index contributed by atoms with van der Waals surface area (Å²) >= 11 is 10.9. The Morgan fingerprint density at radius 1 is 0.729 bits per heavy atom. The maximum Gasteiger partial charge on any atom is 0.337 e. The zero-order valence-electron chi connectivity index (χ0n) is 25.8. The van der Waals surface area contributed by atoms with Crippen molar-refractivity contribution in [3.05, 3.63) is 137 Å². The number of fused-ring (bicyclic) bond motifs is 2. The van der Waals surface area contributed by atoms with Crippen molar-refractivity contribution in [3.63, 3.8) is 0 Å². The number of nitrogens with zero attached hydrogens (tertiary/aromatic N) is 2. The van der Waals surface area contributed by atoms with Crippen LogP contribution in [0.5, 0.6) is 0 Å². The van der Waals surface area contributed by atoms with E-state index in [0.29, 0.717) is 40.3 Å². The van der Waals surface area contributed by atoms with Crippen LogP contribution in [0.4, 0.5) is 0 Å². The number of halogens is 2. The molecule has 0 bridgehead atoms. The number of thioether (sulfide) groups is 1. The van der Waals surface area contributed by atoms with Gasteiger partial charge in [-0.05, 0) is 35.1 Å². The van der Waals surface area contributed by atoms with Gasteiger partial charge < -0.3 is 13.8 Å². The molecule has 0 aliphatic rings. The maximum absolute atomic E-state index is 12.4. The highest BCUT2D eigenvalue weighted by atomic mass is 35.5. The van der Waals surface area contributed by atoms with Crippen LogP contribution in [0.2, 0.25) is 0 Å². The summed E-state index contributed by atoms with van der Waals surface area (Å²) in [7, 11) is -1.54. The van der Waals surface area contributed by atoms with Crippen molar-refractivity contribution in [2.24, 2.45) is 0 Å². The van der Waals surface area contributed by atoms with Gasteiger partial charge in [0.15, 0.2) is 5.16 Å². The zero-order chi connectivity index (χ0) is 34.6. The molecular weight excluding hydrogens is 699 g/mol. The summed E-state index contributed by atoms with van der Waals surface area (Å²) in [6.07, 6.45) is 1.07. The number of nitrogens with one attached hydrogen (secondary N) is 2. The van der Waals surface area contributed by atoms with Crippen LogP contribution in [0.1, 0.15) is 36.1 Å². The number of aromatic amines is 2. The Bertz CT molecular complexity index is 2260. The molecule has 0 saturated heterocycles. The van der Waals surface area contributed by atoms with Crippen molar-refractivity contribution in [2.45, 2.75) is 48.5 Å². The number of benzene rings is 2. The van der Waals surface area contributed by atoms with Crippen molar-refractivity contribution in [2.75, 3.05) is 5.34 Å². The average Bonchev–Trinajstić information content (AvgIpc) is 3.07. The van der Waals surface area contributed by atoms with Crippen molar-refractivity contribution >= 4 is 68.0 Å². The SMILES string of the molecule is CCc1cc(=O)oc2nc(S(=O)Cc3ccccc3)[nH]c(=O)c12.CCc1cc(=O)oc2nc(SCc3ccccc3)[nH]c(=O)c12.ClCCl. The van der Waals surface area contributed by atoms with Gasteiger partial charge in [0.25, 0.3) is 11.1 Å². The Balaban J connectivity index is 0.000000201. The van der Waals surface area contributed by atoms with E-state index in [2.05, 4.69) is 19.9 Å². The Labute approximate surface area is 290 Å². The molecule has 4 aromatic heterocycles. The zero-order valence-corrected chi connectivity index (χ0v) is 28.9. The molecular formula is C33H30Cl2N4O7S2. The summed E-state index contributed by atoms with van der Waals surface area (Å²) in [6, 6.07) is 21.7. The fraction of sp³-hybridized carbons (Fsp3) is 0.212. The topological polar surface area (TPSA) is 169 Å². The molecule has 15 heteroatoms. The molecule has 6 aromatic rings. The normalized spacial score (nSPS) is 11.3. The standard InChI is InChI=1S/C16H14N2O4S.C16H14N2O3S.CH2Cl2/c1-2-11-8-12(19)22-15-13(11)14(20)17-16(18-15)23(21)9-10-6-4-3-5-7-10;1-2-11-8-12(19)21-15-13(11)14(20)17-16(18-15)22-9-10-6-4-3-5-7-10;2-1-3/h3-8H,2,9H2,1H3,(H,17,18,20);3-8H,2,9H2,1H3,(H,17,18,20);1H2. The molecule has 0 fully saturated rings. The first-order chi connectivity index (χ1) is 23.2. The third kappa shape index (κ3) is 9.63. The van der Waals surface area contributed by atoms with Crippen LogP contribution in [0.15, 0.2) is 111 Å². The molecule has 0 saturated carbocycles. The van der Waals surface area contributed by atoms with Gasteiger partial charge in [0.1, 0.15) is 10.8 Å². The van der Waals surface area contributed by atoms with Gasteiger partial charge in [-0.2, -0.15) is 9.97 Å². The van der Waals surface area contributed by atoms with Gasteiger partial charge in [0, 0.05) is 17.9 Å². The average molecular weight is 730 g/mol. The van der Waals surface area contributed by atoms with E-state index >= 15 is 0 Å². The number of hydrogen-bond donors (Lipinski definition) is 2. The van der Waals surface area contributed by atoms with E-state index in [1.807, 2.05) is 74.5 Å². The van der Waals surface area contributed by atoms with Gasteiger partial charge in [-0.25, -0.2) is 9.59 Å². The molecule has 1 unspecified atom stereocenters. The smallest absolute Gasteiger partial charge is 0.337 e. The second-order valence-corrected chi connectivity index (χ2v) is 13.0. The van der Waals surface area contributed by atoms with Crippen LogP contribution >= 0.6 is 35.0 Å². The molecule has 1 atom stereocenters. The Morgan fingerprint density at radius 3 is 1.73 bits per heavy atom. The lowest BCUT2D eigenvalue weighted by atomic mass is 10.1. The number of aryl methyl sites for hydroxylation is 2. The monoisotopic (exact) mass is 728 g/mol. The molecule has 4 heterocycles. The van der Waals surface area contributed by atoms with Crippen molar-refractivity contribution < 1.29 is 13.0 Å². The Morgan fingerprint density at radius 2 is 1.21 bits per heavy atom. The second kappa shape index (κ2) is 17.7. The molecule has 2 aromatic carbocycles. The van der Waals surface area contributed by atoms with E-state index in [1.54, 1.807) is 0 Å².